The van der Waals surface area contributed by atoms with Crippen LogP contribution in [0.25, 0.3) is 10.9 Å². The Bertz CT molecular complexity index is 488. The Labute approximate surface area is 80.6 Å². The first-order valence-corrected chi connectivity index (χ1v) is 4.23. The number of aliphatic carboxylic acids is 1. The van der Waals surface area contributed by atoms with Crippen LogP contribution in [0, 0.1) is 0 Å². The minimum absolute atomic E-state index is 0.0348. The third-order valence-electron chi connectivity index (χ3n) is 2.10. The summed E-state index contributed by atoms with van der Waals surface area (Å²) in [4.78, 5) is 10.5. The maximum absolute atomic E-state index is 10.5. The van der Waals surface area contributed by atoms with Gasteiger partial charge in [0.1, 0.15) is 6.54 Å². The lowest BCUT2D eigenvalue weighted by molar-refractivity contribution is -0.137. The number of nitrogen functional groups attached to an aromatic ring is 1. The second kappa shape index (κ2) is 3.06. The van der Waals surface area contributed by atoms with Crippen LogP contribution in [0.5, 0.6) is 0 Å². The molecule has 0 bridgehead atoms. The fourth-order valence-corrected chi connectivity index (χ4v) is 1.48. The van der Waals surface area contributed by atoms with Crippen molar-refractivity contribution in [2.24, 2.45) is 0 Å². The number of rotatable bonds is 2. The molecule has 0 spiro atoms. The zero-order valence-electron chi connectivity index (χ0n) is 7.47. The van der Waals surface area contributed by atoms with Gasteiger partial charge in [-0.05, 0) is 23.6 Å². The molecule has 0 saturated carbocycles. The van der Waals surface area contributed by atoms with Gasteiger partial charge in [-0.2, -0.15) is 0 Å². The van der Waals surface area contributed by atoms with Gasteiger partial charge in [0, 0.05) is 11.9 Å². The zero-order valence-corrected chi connectivity index (χ0v) is 7.47. The number of nitrogens with two attached hydrogens (primary N) is 1. The van der Waals surface area contributed by atoms with Crippen LogP contribution in [-0.2, 0) is 11.3 Å². The highest BCUT2D eigenvalue weighted by Gasteiger charge is 2.04. The van der Waals surface area contributed by atoms with Crippen LogP contribution in [-0.4, -0.2) is 15.6 Å². The van der Waals surface area contributed by atoms with Gasteiger partial charge in [0.2, 0.25) is 0 Å². The molecule has 4 nitrogen and oxygen atoms in total. The van der Waals surface area contributed by atoms with Crippen molar-refractivity contribution in [1.29, 1.82) is 0 Å². The predicted molar refractivity (Wildman–Crippen MR) is 54.0 cm³/mol. The number of benzene rings is 1. The maximum atomic E-state index is 10.5. The van der Waals surface area contributed by atoms with Crippen LogP contribution in [0.1, 0.15) is 0 Å². The van der Waals surface area contributed by atoms with E-state index in [-0.39, 0.29) is 6.54 Å². The molecule has 72 valence electrons. The van der Waals surface area contributed by atoms with Crippen LogP contribution in [0.3, 0.4) is 0 Å². The molecule has 0 aliphatic heterocycles. The monoisotopic (exact) mass is 190 g/mol. The van der Waals surface area contributed by atoms with Crippen molar-refractivity contribution < 1.29 is 9.90 Å². The Kier molecular flexibility index (Phi) is 1.89. The second-order valence-electron chi connectivity index (χ2n) is 3.16. The van der Waals surface area contributed by atoms with Gasteiger partial charge < -0.3 is 15.4 Å². The maximum Gasteiger partial charge on any atom is 0.323 e. The van der Waals surface area contributed by atoms with E-state index in [1.165, 1.54) is 0 Å². The van der Waals surface area contributed by atoms with Crippen molar-refractivity contribution in [3.63, 3.8) is 0 Å². The lowest BCUT2D eigenvalue weighted by Crippen LogP contribution is -2.07. The van der Waals surface area contributed by atoms with E-state index in [0.717, 1.165) is 10.9 Å². The number of carboxylic acids is 1. The van der Waals surface area contributed by atoms with E-state index in [9.17, 15) is 4.79 Å². The molecule has 0 aliphatic rings. The molecule has 0 radical (unpaired) electrons. The first-order chi connectivity index (χ1) is 6.66. The molecule has 1 aromatic heterocycles. The van der Waals surface area contributed by atoms with Crippen molar-refractivity contribution in [2.45, 2.75) is 6.54 Å². The van der Waals surface area contributed by atoms with Crippen molar-refractivity contribution in [3.8, 4) is 0 Å². The summed E-state index contributed by atoms with van der Waals surface area (Å²) in [6.45, 7) is -0.0348. The van der Waals surface area contributed by atoms with E-state index in [0.29, 0.717) is 5.69 Å². The Morgan fingerprint density at radius 2 is 2.21 bits per heavy atom. The van der Waals surface area contributed by atoms with Gasteiger partial charge in [-0.15, -0.1) is 0 Å². The first-order valence-electron chi connectivity index (χ1n) is 4.23. The summed E-state index contributed by atoms with van der Waals surface area (Å²) >= 11 is 0. The number of fused-ring (bicyclic) bond motifs is 1. The van der Waals surface area contributed by atoms with E-state index >= 15 is 0 Å². The molecule has 0 aliphatic carbocycles. The molecule has 0 saturated heterocycles. The van der Waals surface area contributed by atoms with E-state index in [2.05, 4.69) is 0 Å². The van der Waals surface area contributed by atoms with Crippen molar-refractivity contribution in [2.75, 3.05) is 5.73 Å². The minimum Gasteiger partial charge on any atom is -0.480 e. The highest BCUT2D eigenvalue weighted by atomic mass is 16.4. The standard InChI is InChI=1S/C10H10N2O2/c11-8-2-1-7-3-4-12(6-10(13)14)9(7)5-8/h1-5H,6,11H2,(H,13,14). The fourth-order valence-electron chi connectivity index (χ4n) is 1.48. The Morgan fingerprint density at radius 1 is 1.43 bits per heavy atom. The number of carbonyl (C=O) groups is 1. The third-order valence-corrected chi connectivity index (χ3v) is 2.10. The molecule has 0 atom stereocenters. The van der Waals surface area contributed by atoms with E-state index < -0.39 is 5.97 Å². The number of carboxylic acid groups (broad SMARTS) is 1. The average molecular weight is 190 g/mol. The van der Waals surface area contributed by atoms with Crippen LogP contribution in [0.4, 0.5) is 5.69 Å². The van der Waals surface area contributed by atoms with Crippen LogP contribution in [0.15, 0.2) is 30.5 Å². The van der Waals surface area contributed by atoms with Gasteiger partial charge in [0.25, 0.3) is 0 Å². The number of aromatic nitrogens is 1. The number of hydrogen-bond acceptors (Lipinski definition) is 2. The van der Waals surface area contributed by atoms with E-state index in [1.54, 1.807) is 22.9 Å². The number of anilines is 1. The second-order valence-corrected chi connectivity index (χ2v) is 3.16. The summed E-state index contributed by atoms with van der Waals surface area (Å²) in [6.07, 6.45) is 1.75. The smallest absolute Gasteiger partial charge is 0.323 e. The average Bonchev–Trinajstić information content (AvgIpc) is 2.47. The summed E-state index contributed by atoms with van der Waals surface area (Å²) in [5, 5.41) is 9.66. The van der Waals surface area contributed by atoms with Crippen LogP contribution < -0.4 is 5.73 Å². The summed E-state index contributed by atoms with van der Waals surface area (Å²) < 4.78 is 1.66. The van der Waals surface area contributed by atoms with Gasteiger partial charge >= 0.3 is 5.97 Å². The summed E-state index contributed by atoms with van der Waals surface area (Å²) in [5.74, 6) is -0.857. The van der Waals surface area contributed by atoms with E-state index in [4.69, 9.17) is 10.8 Å². The van der Waals surface area contributed by atoms with Crippen LogP contribution in [0.2, 0.25) is 0 Å². The van der Waals surface area contributed by atoms with E-state index in [1.807, 2.05) is 12.1 Å². The molecule has 0 amide bonds. The minimum atomic E-state index is -0.857. The van der Waals surface area contributed by atoms with Gasteiger partial charge in [0.15, 0.2) is 0 Å². The van der Waals surface area contributed by atoms with Gasteiger partial charge in [-0.3, -0.25) is 4.79 Å². The molecule has 2 rings (SSSR count). The Morgan fingerprint density at radius 3 is 2.93 bits per heavy atom. The quantitative estimate of drug-likeness (QED) is 0.701. The molecule has 3 N–H and O–H groups in total. The van der Waals surface area contributed by atoms with Crippen LogP contribution >= 0.6 is 0 Å². The molecule has 14 heavy (non-hydrogen) atoms. The molecule has 0 fully saturated rings. The molecule has 1 aromatic carbocycles. The SMILES string of the molecule is Nc1ccc2ccn(CC(=O)O)c2c1. The highest BCUT2D eigenvalue weighted by molar-refractivity contribution is 5.84. The third kappa shape index (κ3) is 1.42. The lowest BCUT2D eigenvalue weighted by Gasteiger charge is -2.01. The largest absolute Gasteiger partial charge is 0.480 e. The lowest BCUT2D eigenvalue weighted by atomic mass is 10.2. The Balaban J connectivity index is 2.55. The molecular weight excluding hydrogens is 180 g/mol. The molecule has 2 aromatic rings. The number of hydrogen-bond donors (Lipinski definition) is 2. The summed E-state index contributed by atoms with van der Waals surface area (Å²) in [6, 6.07) is 7.33. The van der Waals surface area contributed by atoms with Crippen molar-refractivity contribution >= 4 is 22.6 Å². The molecular formula is C10H10N2O2. The molecule has 4 heteroatoms. The van der Waals surface area contributed by atoms with Gasteiger partial charge in [-0.1, -0.05) is 6.07 Å². The molecule has 0 unspecified atom stereocenters. The summed E-state index contributed by atoms with van der Waals surface area (Å²) in [7, 11) is 0. The number of nitrogens with zero attached hydrogens (tertiary/aromatic N) is 1. The normalized spacial score (nSPS) is 10.6. The highest BCUT2D eigenvalue weighted by Crippen LogP contribution is 2.18. The predicted octanol–water partition coefficient (Wildman–Crippen LogP) is 1.31. The van der Waals surface area contributed by atoms with Crippen molar-refractivity contribution in [1.82, 2.24) is 4.57 Å². The fraction of sp³-hybridized carbons (Fsp3) is 0.100. The Hall–Kier alpha value is -1.97. The van der Waals surface area contributed by atoms with Crippen molar-refractivity contribution in [3.05, 3.63) is 30.5 Å². The van der Waals surface area contributed by atoms with Gasteiger partial charge in [0.05, 0.1) is 5.52 Å². The topological polar surface area (TPSA) is 68.2 Å². The first kappa shape index (κ1) is 8.62. The molecule has 1 heterocycles. The van der Waals surface area contributed by atoms with Gasteiger partial charge in [-0.25, -0.2) is 0 Å². The zero-order chi connectivity index (χ0) is 10.1. The summed E-state index contributed by atoms with van der Waals surface area (Å²) in [5.41, 5.74) is 7.12.